The van der Waals surface area contributed by atoms with Crippen LogP contribution in [0.1, 0.15) is 17.7 Å². The molecule has 90 valence electrons. The summed E-state index contributed by atoms with van der Waals surface area (Å²) in [6, 6.07) is 6.49. The van der Waals surface area contributed by atoms with Crippen molar-refractivity contribution in [3.63, 3.8) is 0 Å². The lowest BCUT2D eigenvalue weighted by molar-refractivity contribution is 0.142. The quantitative estimate of drug-likeness (QED) is 0.769. The average Bonchev–Trinajstić information content (AvgIpc) is 2.73. The average molecular weight is 277 g/mol. The van der Waals surface area contributed by atoms with Crippen molar-refractivity contribution in [1.82, 2.24) is 9.78 Å². The number of hydrogen-bond donors (Lipinski definition) is 0. The summed E-state index contributed by atoms with van der Waals surface area (Å²) in [6.45, 7) is 0. The van der Waals surface area contributed by atoms with Gasteiger partial charge < -0.3 is 0 Å². The van der Waals surface area contributed by atoms with Gasteiger partial charge in [-0.1, -0.05) is 11.6 Å². The first kappa shape index (κ1) is 12.3. The lowest BCUT2D eigenvalue weighted by Crippen LogP contribution is -2.03. The van der Waals surface area contributed by atoms with E-state index < -0.39 is 6.43 Å². The van der Waals surface area contributed by atoms with Crippen LogP contribution >= 0.6 is 23.2 Å². The lowest BCUT2D eigenvalue weighted by Gasteiger charge is -2.08. The van der Waals surface area contributed by atoms with Crippen molar-refractivity contribution in [3.05, 3.63) is 46.7 Å². The van der Waals surface area contributed by atoms with E-state index in [-0.39, 0.29) is 11.6 Å². The molecule has 0 saturated carbocycles. The van der Waals surface area contributed by atoms with Crippen molar-refractivity contribution in [2.24, 2.45) is 0 Å². The highest BCUT2D eigenvalue weighted by Gasteiger charge is 2.20. The summed E-state index contributed by atoms with van der Waals surface area (Å²) >= 11 is 11.3. The molecule has 0 radical (unpaired) electrons. The van der Waals surface area contributed by atoms with Crippen LogP contribution in [0.15, 0.2) is 30.5 Å². The van der Waals surface area contributed by atoms with Gasteiger partial charge in [-0.2, -0.15) is 5.10 Å². The predicted molar refractivity (Wildman–Crippen MR) is 63.1 cm³/mol. The minimum atomic E-state index is -2.62. The molecule has 1 aromatic carbocycles. The van der Waals surface area contributed by atoms with Crippen molar-refractivity contribution in [2.75, 3.05) is 0 Å². The van der Waals surface area contributed by atoms with Crippen LogP contribution in [0.5, 0.6) is 0 Å². The second-order valence-corrected chi connectivity index (χ2v) is 4.08. The van der Waals surface area contributed by atoms with Crippen molar-refractivity contribution >= 4 is 23.2 Å². The maximum atomic E-state index is 12.9. The molecular formula is C11H8Cl2F2N2. The zero-order valence-electron chi connectivity index (χ0n) is 8.58. The molecular weight excluding hydrogens is 269 g/mol. The molecule has 0 spiro atoms. The first-order valence-electron chi connectivity index (χ1n) is 4.80. The number of alkyl halides is 3. The lowest BCUT2D eigenvalue weighted by atomic mass is 10.2. The van der Waals surface area contributed by atoms with Crippen molar-refractivity contribution < 1.29 is 8.78 Å². The predicted octanol–water partition coefficient (Wildman–Crippen LogP) is 4.20. The van der Waals surface area contributed by atoms with E-state index in [4.69, 9.17) is 23.2 Å². The molecule has 0 aliphatic rings. The van der Waals surface area contributed by atoms with Gasteiger partial charge in [0.1, 0.15) is 5.69 Å². The van der Waals surface area contributed by atoms with Crippen LogP contribution in [0, 0.1) is 0 Å². The van der Waals surface area contributed by atoms with E-state index in [1.54, 1.807) is 24.3 Å². The first-order valence-corrected chi connectivity index (χ1v) is 5.71. The summed E-state index contributed by atoms with van der Waals surface area (Å²) in [5.41, 5.74) is 0.681. The second kappa shape index (κ2) is 5.02. The summed E-state index contributed by atoms with van der Waals surface area (Å²) in [7, 11) is 0. The van der Waals surface area contributed by atoms with E-state index in [1.807, 2.05) is 0 Å². The Hall–Kier alpha value is -1.13. The molecule has 0 N–H and O–H groups in total. The van der Waals surface area contributed by atoms with Crippen molar-refractivity contribution in [3.8, 4) is 5.69 Å². The zero-order chi connectivity index (χ0) is 12.4. The van der Waals surface area contributed by atoms with Gasteiger partial charge in [0, 0.05) is 10.6 Å². The zero-order valence-corrected chi connectivity index (χ0v) is 10.1. The largest absolute Gasteiger partial charge is 0.280 e. The molecule has 2 nitrogen and oxygen atoms in total. The summed E-state index contributed by atoms with van der Waals surface area (Å²) < 4.78 is 27.0. The number of halogens is 4. The van der Waals surface area contributed by atoms with Crippen LogP contribution in [0.4, 0.5) is 8.78 Å². The van der Waals surface area contributed by atoms with Gasteiger partial charge in [-0.3, -0.25) is 0 Å². The monoisotopic (exact) mass is 276 g/mol. The Balaban J connectivity index is 2.51. The SMILES string of the molecule is FC(F)c1c(CCl)cnn1-c1ccc(Cl)cc1. The normalized spacial score (nSPS) is 11.1. The Morgan fingerprint density at radius 1 is 1.24 bits per heavy atom. The number of aromatic nitrogens is 2. The third-order valence-electron chi connectivity index (χ3n) is 2.31. The van der Waals surface area contributed by atoms with Gasteiger partial charge in [0.25, 0.3) is 6.43 Å². The molecule has 0 bridgehead atoms. The van der Waals surface area contributed by atoms with Crippen LogP contribution in [-0.2, 0) is 5.88 Å². The summed E-state index contributed by atoms with van der Waals surface area (Å²) in [5.74, 6) is 0.00721. The van der Waals surface area contributed by atoms with Crippen LogP contribution in [0.2, 0.25) is 5.02 Å². The number of hydrogen-bond acceptors (Lipinski definition) is 1. The Labute approximate surface area is 107 Å². The highest BCUT2D eigenvalue weighted by Crippen LogP contribution is 2.27. The fraction of sp³-hybridized carbons (Fsp3) is 0.182. The second-order valence-electron chi connectivity index (χ2n) is 3.38. The number of nitrogens with zero attached hydrogens (tertiary/aromatic N) is 2. The molecule has 0 unspecified atom stereocenters. The van der Waals surface area contributed by atoms with E-state index in [0.29, 0.717) is 16.3 Å². The summed E-state index contributed by atoms with van der Waals surface area (Å²) in [5, 5.41) is 4.46. The smallest absolute Gasteiger partial charge is 0.232 e. The first-order chi connectivity index (χ1) is 8.13. The van der Waals surface area contributed by atoms with Gasteiger partial charge in [-0.05, 0) is 24.3 Å². The third kappa shape index (κ3) is 2.42. The van der Waals surface area contributed by atoms with E-state index in [0.717, 1.165) is 0 Å². The maximum Gasteiger partial charge on any atom is 0.280 e. The molecule has 2 rings (SSSR count). The summed E-state index contributed by atoms with van der Waals surface area (Å²) in [4.78, 5) is 0. The Morgan fingerprint density at radius 2 is 1.88 bits per heavy atom. The van der Waals surface area contributed by atoms with Crippen LogP contribution in [0.3, 0.4) is 0 Å². The van der Waals surface area contributed by atoms with E-state index >= 15 is 0 Å². The van der Waals surface area contributed by atoms with Gasteiger partial charge in [0.15, 0.2) is 0 Å². The molecule has 2 aromatic rings. The molecule has 17 heavy (non-hydrogen) atoms. The summed E-state index contributed by atoms with van der Waals surface area (Å²) in [6.07, 6.45) is -1.27. The molecule has 1 aromatic heterocycles. The Kier molecular flexibility index (Phi) is 3.64. The minimum Gasteiger partial charge on any atom is -0.232 e. The van der Waals surface area contributed by atoms with Crippen LogP contribution in [0.25, 0.3) is 5.69 Å². The van der Waals surface area contributed by atoms with Gasteiger partial charge >= 0.3 is 0 Å². The molecule has 0 aliphatic heterocycles. The molecule has 1 heterocycles. The fourth-order valence-corrected chi connectivity index (χ4v) is 1.85. The molecule has 0 aliphatic carbocycles. The Bertz CT molecular complexity index is 509. The van der Waals surface area contributed by atoms with Crippen LogP contribution < -0.4 is 0 Å². The van der Waals surface area contributed by atoms with Gasteiger partial charge in [-0.25, -0.2) is 13.5 Å². The van der Waals surface area contributed by atoms with Crippen LogP contribution in [-0.4, -0.2) is 9.78 Å². The highest BCUT2D eigenvalue weighted by molar-refractivity contribution is 6.30. The fourth-order valence-electron chi connectivity index (χ4n) is 1.52. The number of rotatable bonds is 3. The van der Waals surface area contributed by atoms with E-state index in [2.05, 4.69) is 5.10 Å². The van der Waals surface area contributed by atoms with Gasteiger partial charge in [0.05, 0.1) is 17.8 Å². The molecule has 0 saturated heterocycles. The molecule has 0 amide bonds. The van der Waals surface area contributed by atoms with E-state index in [1.165, 1.54) is 10.9 Å². The van der Waals surface area contributed by atoms with Gasteiger partial charge in [0.2, 0.25) is 0 Å². The van der Waals surface area contributed by atoms with Crippen molar-refractivity contribution in [2.45, 2.75) is 12.3 Å². The number of benzene rings is 1. The van der Waals surface area contributed by atoms with Gasteiger partial charge in [-0.15, -0.1) is 11.6 Å². The minimum absolute atomic E-state index is 0.00721. The van der Waals surface area contributed by atoms with Crippen molar-refractivity contribution in [1.29, 1.82) is 0 Å². The Morgan fingerprint density at radius 3 is 2.41 bits per heavy atom. The topological polar surface area (TPSA) is 17.8 Å². The third-order valence-corrected chi connectivity index (χ3v) is 2.85. The molecule has 6 heteroatoms. The van der Waals surface area contributed by atoms with E-state index in [9.17, 15) is 8.78 Å². The standard InChI is InChI=1S/C11H8Cl2F2N2/c12-5-7-6-16-17(10(7)11(14)15)9-3-1-8(13)2-4-9/h1-4,6,11H,5H2. The maximum absolute atomic E-state index is 12.9. The molecule has 0 fully saturated rings. The molecule has 0 atom stereocenters. The highest BCUT2D eigenvalue weighted by atomic mass is 35.5.